The Kier molecular flexibility index (Phi) is 3.72. The van der Waals surface area contributed by atoms with Gasteiger partial charge in [-0.1, -0.05) is 12.2 Å². The molecular formula is C13H16N4O. The average Bonchev–Trinajstić information content (AvgIpc) is 2.80. The van der Waals surface area contributed by atoms with Crippen LogP contribution in [0.1, 0.15) is 26.2 Å². The summed E-state index contributed by atoms with van der Waals surface area (Å²) in [5, 5.41) is 4.71. The fourth-order valence-corrected chi connectivity index (χ4v) is 1.77. The fourth-order valence-electron chi connectivity index (χ4n) is 1.77. The summed E-state index contributed by atoms with van der Waals surface area (Å²) >= 11 is 0. The molecule has 18 heavy (non-hydrogen) atoms. The smallest absolute Gasteiger partial charge is 0.261 e. The van der Waals surface area contributed by atoms with Crippen molar-refractivity contribution in [3.8, 4) is 0 Å². The van der Waals surface area contributed by atoms with Gasteiger partial charge in [0.05, 0.1) is 12.5 Å². The first kappa shape index (κ1) is 12.3. The number of nitrogens with one attached hydrogen (secondary N) is 1. The number of hydrogen-bond acceptors (Lipinski definition) is 3. The second-order valence-electron chi connectivity index (χ2n) is 4.09. The van der Waals surface area contributed by atoms with Crippen molar-refractivity contribution in [2.24, 2.45) is 0 Å². The molecule has 5 heteroatoms. The maximum Gasteiger partial charge on any atom is 0.261 e. The molecule has 0 aliphatic rings. The fraction of sp³-hybridized carbons (Fsp3) is 0.308. The van der Waals surface area contributed by atoms with Crippen LogP contribution in [0.4, 0.5) is 0 Å². The molecule has 0 aromatic carbocycles. The van der Waals surface area contributed by atoms with Crippen LogP contribution in [0.5, 0.6) is 0 Å². The summed E-state index contributed by atoms with van der Waals surface area (Å²) in [7, 11) is 0. The predicted octanol–water partition coefficient (Wildman–Crippen LogP) is 2.34. The van der Waals surface area contributed by atoms with E-state index in [1.807, 2.05) is 13.0 Å². The van der Waals surface area contributed by atoms with Gasteiger partial charge < -0.3 is 4.98 Å². The van der Waals surface area contributed by atoms with Crippen LogP contribution in [0, 0.1) is 0 Å². The lowest BCUT2D eigenvalue weighted by Gasteiger charge is -2.02. The number of allylic oxidation sites excluding steroid dienone is 3. The van der Waals surface area contributed by atoms with Gasteiger partial charge in [-0.05, 0) is 26.2 Å². The van der Waals surface area contributed by atoms with Crippen LogP contribution in [-0.2, 0) is 0 Å². The summed E-state index contributed by atoms with van der Waals surface area (Å²) in [4.78, 5) is 18.2. The van der Waals surface area contributed by atoms with E-state index in [-0.39, 0.29) is 5.56 Å². The van der Waals surface area contributed by atoms with Crippen molar-refractivity contribution >= 4 is 16.7 Å². The predicted molar refractivity (Wildman–Crippen MR) is 72.1 cm³/mol. The molecular weight excluding hydrogens is 228 g/mol. The molecule has 0 amide bonds. The highest BCUT2D eigenvalue weighted by molar-refractivity contribution is 5.76. The molecule has 0 spiro atoms. The number of fused-ring (bicyclic) bond motifs is 1. The van der Waals surface area contributed by atoms with Gasteiger partial charge in [0.15, 0.2) is 5.65 Å². The van der Waals surface area contributed by atoms with E-state index in [9.17, 15) is 4.79 Å². The van der Waals surface area contributed by atoms with E-state index in [2.05, 4.69) is 27.7 Å². The van der Waals surface area contributed by atoms with Gasteiger partial charge in [0.1, 0.15) is 5.39 Å². The highest BCUT2D eigenvalue weighted by atomic mass is 16.1. The topological polar surface area (TPSA) is 63.6 Å². The van der Waals surface area contributed by atoms with Crippen LogP contribution < -0.4 is 5.56 Å². The zero-order valence-electron chi connectivity index (χ0n) is 10.4. The SMILES string of the molecule is C=CCCC/C=C(\C)n1ncc2c(=O)[nH]cnc21. The Morgan fingerprint density at radius 3 is 3.17 bits per heavy atom. The number of nitrogens with zero attached hydrogens (tertiary/aromatic N) is 3. The van der Waals surface area contributed by atoms with Crippen molar-refractivity contribution in [1.82, 2.24) is 19.7 Å². The minimum Gasteiger partial charge on any atom is -0.312 e. The third-order valence-corrected chi connectivity index (χ3v) is 2.76. The third kappa shape index (κ3) is 2.40. The van der Waals surface area contributed by atoms with Crippen molar-refractivity contribution < 1.29 is 0 Å². The van der Waals surface area contributed by atoms with E-state index in [0.717, 1.165) is 25.0 Å². The van der Waals surface area contributed by atoms with Crippen LogP contribution in [0.2, 0.25) is 0 Å². The van der Waals surface area contributed by atoms with Crippen LogP contribution >= 0.6 is 0 Å². The molecule has 0 aliphatic carbocycles. The first-order chi connectivity index (χ1) is 8.74. The Balaban J connectivity index is 2.28. The minimum atomic E-state index is -0.161. The monoisotopic (exact) mass is 244 g/mol. The van der Waals surface area contributed by atoms with Crippen molar-refractivity contribution in [3.05, 3.63) is 41.6 Å². The first-order valence-corrected chi connectivity index (χ1v) is 5.93. The van der Waals surface area contributed by atoms with Crippen molar-refractivity contribution in [1.29, 1.82) is 0 Å². The molecule has 0 aliphatic heterocycles. The van der Waals surface area contributed by atoms with E-state index >= 15 is 0 Å². The third-order valence-electron chi connectivity index (χ3n) is 2.76. The molecule has 2 heterocycles. The summed E-state index contributed by atoms with van der Waals surface area (Å²) in [5.41, 5.74) is 1.41. The number of hydrogen-bond donors (Lipinski definition) is 1. The lowest BCUT2D eigenvalue weighted by atomic mass is 10.2. The largest absolute Gasteiger partial charge is 0.312 e. The van der Waals surface area contributed by atoms with Gasteiger partial charge in [0.25, 0.3) is 5.56 Å². The first-order valence-electron chi connectivity index (χ1n) is 5.93. The van der Waals surface area contributed by atoms with E-state index in [1.54, 1.807) is 10.9 Å². The molecule has 0 radical (unpaired) electrons. The van der Waals surface area contributed by atoms with E-state index in [0.29, 0.717) is 11.0 Å². The Morgan fingerprint density at radius 1 is 1.56 bits per heavy atom. The lowest BCUT2D eigenvalue weighted by Crippen LogP contribution is -2.06. The minimum absolute atomic E-state index is 0.161. The molecule has 94 valence electrons. The molecule has 0 unspecified atom stereocenters. The number of rotatable bonds is 5. The maximum atomic E-state index is 11.5. The van der Waals surface area contributed by atoms with E-state index < -0.39 is 0 Å². The summed E-state index contributed by atoms with van der Waals surface area (Å²) < 4.78 is 1.69. The molecule has 5 nitrogen and oxygen atoms in total. The van der Waals surface area contributed by atoms with Gasteiger partial charge in [0, 0.05) is 5.70 Å². The number of H-pyrrole nitrogens is 1. The van der Waals surface area contributed by atoms with Gasteiger partial charge >= 0.3 is 0 Å². The van der Waals surface area contributed by atoms with Gasteiger partial charge in [-0.2, -0.15) is 5.10 Å². The molecule has 2 rings (SSSR count). The van der Waals surface area contributed by atoms with Crippen LogP contribution in [0.15, 0.2) is 36.0 Å². The number of unbranched alkanes of at least 4 members (excludes halogenated alkanes) is 2. The molecule has 0 fully saturated rings. The summed E-state index contributed by atoms with van der Waals surface area (Å²) in [5.74, 6) is 0. The Morgan fingerprint density at radius 2 is 2.39 bits per heavy atom. The van der Waals surface area contributed by atoms with Gasteiger partial charge in [-0.25, -0.2) is 9.67 Å². The van der Waals surface area contributed by atoms with Gasteiger partial charge in [-0.15, -0.1) is 6.58 Å². The van der Waals surface area contributed by atoms with Crippen molar-refractivity contribution in [3.63, 3.8) is 0 Å². The zero-order chi connectivity index (χ0) is 13.0. The maximum absolute atomic E-state index is 11.5. The molecule has 0 saturated carbocycles. The molecule has 2 aromatic rings. The summed E-state index contributed by atoms with van der Waals surface area (Å²) in [6.07, 6.45) is 9.97. The summed E-state index contributed by atoms with van der Waals surface area (Å²) in [6.45, 7) is 5.65. The number of aromatic nitrogens is 4. The molecule has 0 saturated heterocycles. The highest BCUT2D eigenvalue weighted by Gasteiger charge is 2.07. The zero-order valence-corrected chi connectivity index (χ0v) is 10.4. The van der Waals surface area contributed by atoms with Crippen LogP contribution in [-0.4, -0.2) is 19.7 Å². The van der Waals surface area contributed by atoms with Gasteiger partial charge in [-0.3, -0.25) is 4.79 Å². The van der Waals surface area contributed by atoms with Crippen molar-refractivity contribution in [2.45, 2.75) is 26.2 Å². The standard InChI is InChI=1S/C13H16N4O/c1-3-4-5-6-7-10(2)17-12-11(8-16-17)13(18)15-9-14-12/h3,7-9H,1,4-6H2,2H3,(H,14,15,18)/b10-7+. The Bertz CT molecular complexity index is 636. The molecule has 2 aromatic heterocycles. The van der Waals surface area contributed by atoms with E-state index in [1.165, 1.54) is 6.33 Å². The summed E-state index contributed by atoms with van der Waals surface area (Å²) in [6, 6.07) is 0. The second kappa shape index (κ2) is 5.44. The highest BCUT2D eigenvalue weighted by Crippen LogP contribution is 2.12. The Hall–Kier alpha value is -2.17. The average molecular weight is 244 g/mol. The number of aromatic amines is 1. The van der Waals surface area contributed by atoms with Crippen LogP contribution in [0.3, 0.4) is 0 Å². The van der Waals surface area contributed by atoms with Gasteiger partial charge in [0.2, 0.25) is 0 Å². The van der Waals surface area contributed by atoms with Crippen molar-refractivity contribution in [2.75, 3.05) is 0 Å². The molecule has 0 bridgehead atoms. The normalized spacial score (nSPS) is 11.9. The second-order valence-corrected chi connectivity index (χ2v) is 4.09. The lowest BCUT2D eigenvalue weighted by molar-refractivity contribution is 0.850. The quantitative estimate of drug-likeness (QED) is 0.648. The molecule has 1 N–H and O–H groups in total. The van der Waals surface area contributed by atoms with Crippen LogP contribution in [0.25, 0.3) is 16.7 Å². The Labute approximate surface area is 105 Å². The van der Waals surface area contributed by atoms with E-state index in [4.69, 9.17) is 0 Å². The molecule has 0 atom stereocenters.